The lowest BCUT2D eigenvalue weighted by atomic mass is 9.99. The zero-order chi connectivity index (χ0) is 20.1. The number of rotatable bonds is 8. The van der Waals surface area contributed by atoms with E-state index >= 15 is 0 Å². The van der Waals surface area contributed by atoms with Gasteiger partial charge in [-0.2, -0.15) is 0 Å². The molecule has 2 aromatic rings. The third-order valence-corrected chi connectivity index (χ3v) is 5.28. The lowest BCUT2D eigenvalue weighted by Crippen LogP contribution is -2.32. The lowest BCUT2D eigenvalue weighted by Gasteiger charge is -2.29. The summed E-state index contributed by atoms with van der Waals surface area (Å²) in [4.78, 5) is 2.45. The average Bonchev–Trinajstić information content (AvgIpc) is 2.75. The zero-order valence-electron chi connectivity index (χ0n) is 17.3. The Hall–Kier alpha value is -2.60. The highest BCUT2D eigenvalue weighted by atomic mass is 16.6. The molecule has 6 heteroatoms. The SMILES string of the molecule is COc1c(CCN2CCc3ccccc3C2)c(OC)c(OC)c(OC)c1OC. The Morgan fingerprint density at radius 1 is 0.714 bits per heavy atom. The molecule has 0 N–H and O–H groups in total. The van der Waals surface area contributed by atoms with Crippen LogP contribution in [0.1, 0.15) is 16.7 Å². The molecule has 1 aliphatic heterocycles. The fourth-order valence-electron chi connectivity index (χ4n) is 3.92. The predicted octanol–water partition coefficient (Wildman–Crippen LogP) is 3.33. The van der Waals surface area contributed by atoms with E-state index in [1.807, 2.05) is 0 Å². The first-order chi connectivity index (χ1) is 13.7. The largest absolute Gasteiger partial charge is 0.492 e. The molecule has 2 aromatic carbocycles. The smallest absolute Gasteiger partial charge is 0.211 e. The summed E-state index contributed by atoms with van der Waals surface area (Å²) in [7, 11) is 8.02. The molecule has 0 atom stereocenters. The van der Waals surface area contributed by atoms with Crippen LogP contribution in [-0.4, -0.2) is 53.5 Å². The standard InChI is InChI=1S/C22H29NO5/c1-24-18-17(19(25-2)21(27-4)22(28-5)20(18)26-3)11-13-23-12-10-15-8-6-7-9-16(15)14-23/h6-9H,10-14H2,1-5H3. The summed E-state index contributed by atoms with van der Waals surface area (Å²) in [6.45, 7) is 2.86. The number of hydrogen-bond donors (Lipinski definition) is 0. The van der Waals surface area contributed by atoms with Gasteiger partial charge < -0.3 is 23.7 Å². The van der Waals surface area contributed by atoms with Crippen molar-refractivity contribution >= 4 is 0 Å². The Bertz CT molecular complexity index is 788. The summed E-state index contributed by atoms with van der Waals surface area (Å²) in [6, 6.07) is 8.65. The van der Waals surface area contributed by atoms with E-state index in [9.17, 15) is 0 Å². The topological polar surface area (TPSA) is 49.4 Å². The van der Waals surface area contributed by atoms with Gasteiger partial charge >= 0.3 is 0 Å². The molecule has 1 aliphatic rings. The minimum atomic E-state index is 0.467. The molecule has 0 aliphatic carbocycles. The van der Waals surface area contributed by atoms with E-state index in [-0.39, 0.29) is 0 Å². The van der Waals surface area contributed by atoms with Gasteiger partial charge in [-0.05, 0) is 24.0 Å². The van der Waals surface area contributed by atoms with Crippen molar-refractivity contribution < 1.29 is 23.7 Å². The summed E-state index contributed by atoms with van der Waals surface area (Å²) in [5.41, 5.74) is 3.76. The maximum Gasteiger partial charge on any atom is 0.211 e. The second kappa shape index (κ2) is 9.06. The van der Waals surface area contributed by atoms with Crippen LogP contribution in [0, 0.1) is 0 Å². The van der Waals surface area contributed by atoms with Crippen LogP contribution in [0.4, 0.5) is 0 Å². The minimum Gasteiger partial charge on any atom is -0.492 e. The summed E-state index contributed by atoms with van der Waals surface area (Å²) < 4.78 is 28.0. The molecule has 0 spiro atoms. The van der Waals surface area contributed by atoms with E-state index in [2.05, 4.69) is 29.2 Å². The van der Waals surface area contributed by atoms with Gasteiger partial charge in [-0.25, -0.2) is 0 Å². The molecule has 0 aromatic heterocycles. The van der Waals surface area contributed by atoms with Crippen LogP contribution in [0.15, 0.2) is 24.3 Å². The van der Waals surface area contributed by atoms with Crippen molar-refractivity contribution in [1.82, 2.24) is 4.90 Å². The number of ether oxygens (including phenoxy) is 5. The molecule has 0 saturated heterocycles. The fourth-order valence-corrected chi connectivity index (χ4v) is 3.92. The van der Waals surface area contributed by atoms with Crippen molar-refractivity contribution in [3.8, 4) is 28.7 Å². The van der Waals surface area contributed by atoms with Gasteiger partial charge in [0.15, 0.2) is 11.5 Å². The van der Waals surface area contributed by atoms with Crippen molar-refractivity contribution in [3.05, 3.63) is 41.0 Å². The van der Waals surface area contributed by atoms with Crippen LogP contribution in [0.25, 0.3) is 0 Å². The first-order valence-corrected chi connectivity index (χ1v) is 9.40. The van der Waals surface area contributed by atoms with Crippen molar-refractivity contribution in [2.75, 3.05) is 48.6 Å². The fraction of sp³-hybridized carbons (Fsp3) is 0.455. The van der Waals surface area contributed by atoms with Gasteiger partial charge in [0.1, 0.15) is 0 Å². The van der Waals surface area contributed by atoms with E-state index in [0.717, 1.165) is 38.0 Å². The maximum atomic E-state index is 5.69. The summed E-state index contributed by atoms with van der Waals surface area (Å²) in [5.74, 6) is 2.74. The van der Waals surface area contributed by atoms with Crippen LogP contribution in [-0.2, 0) is 19.4 Å². The van der Waals surface area contributed by atoms with Gasteiger partial charge in [0.25, 0.3) is 0 Å². The number of nitrogens with zero attached hydrogens (tertiary/aromatic N) is 1. The number of fused-ring (bicyclic) bond motifs is 1. The molecule has 0 fully saturated rings. The molecule has 0 saturated carbocycles. The molecule has 0 bridgehead atoms. The molecule has 1 heterocycles. The highest BCUT2D eigenvalue weighted by Gasteiger charge is 2.28. The van der Waals surface area contributed by atoms with E-state index in [1.165, 1.54) is 11.1 Å². The van der Waals surface area contributed by atoms with Crippen molar-refractivity contribution in [2.45, 2.75) is 19.4 Å². The number of benzene rings is 2. The molecule has 0 unspecified atom stereocenters. The third-order valence-electron chi connectivity index (χ3n) is 5.28. The van der Waals surface area contributed by atoms with Crippen LogP contribution in [0.5, 0.6) is 28.7 Å². The summed E-state index contributed by atoms with van der Waals surface area (Å²) in [6.07, 6.45) is 1.81. The quantitative estimate of drug-likeness (QED) is 0.693. The minimum absolute atomic E-state index is 0.467. The van der Waals surface area contributed by atoms with Crippen molar-refractivity contribution in [2.24, 2.45) is 0 Å². The molecular formula is C22H29NO5. The summed E-state index contributed by atoms with van der Waals surface area (Å²) in [5, 5.41) is 0. The molecule has 3 rings (SSSR count). The van der Waals surface area contributed by atoms with Gasteiger partial charge in [-0.15, -0.1) is 0 Å². The van der Waals surface area contributed by atoms with Gasteiger partial charge in [0.05, 0.1) is 35.5 Å². The summed E-state index contributed by atoms with van der Waals surface area (Å²) >= 11 is 0. The predicted molar refractivity (Wildman–Crippen MR) is 108 cm³/mol. The zero-order valence-corrected chi connectivity index (χ0v) is 17.3. The van der Waals surface area contributed by atoms with E-state index in [1.54, 1.807) is 35.5 Å². The van der Waals surface area contributed by atoms with Crippen LogP contribution >= 0.6 is 0 Å². The Kier molecular flexibility index (Phi) is 6.52. The number of methoxy groups -OCH3 is 5. The van der Waals surface area contributed by atoms with E-state index in [4.69, 9.17) is 23.7 Å². The molecule has 0 amide bonds. The maximum absolute atomic E-state index is 5.69. The van der Waals surface area contributed by atoms with Gasteiger partial charge in [0.2, 0.25) is 17.2 Å². The third kappa shape index (κ3) is 3.69. The van der Waals surface area contributed by atoms with Crippen LogP contribution < -0.4 is 23.7 Å². The van der Waals surface area contributed by atoms with Crippen LogP contribution in [0.2, 0.25) is 0 Å². The van der Waals surface area contributed by atoms with Gasteiger partial charge in [-0.1, -0.05) is 24.3 Å². The molecular weight excluding hydrogens is 358 g/mol. The first-order valence-electron chi connectivity index (χ1n) is 9.40. The van der Waals surface area contributed by atoms with Gasteiger partial charge in [0, 0.05) is 25.2 Å². The second-order valence-electron chi connectivity index (χ2n) is 6.69. The lowest BCUT2D eigenvalue weighted by molar-refractivity contribution is 0.251. The van der Waals surface area contributed by atoms with Gasteiger partial charge in [-0.3, -0.25) is 4.90 Å². The Morgan fingerprint density at radius 3 is 1.75 bits per heavy atom. The average molecular weight is 387 g/mol. The Balaban J connectivity index is 1.91. The van der Waals surface area contributed by atoms with E-state index < -0.39 is 0 Å². The number of hydrogen-bond acceptors (Lipinski definition) is 6. The normalized spacial score (nSPS) is 13.6. The van der Waals surface area contributed by atoms with E-state index in [0.29, 0.717) is 28.7 Å². The van der Waals surface area contributed by atoms with Crippen LogP contribution in [0.3, 0.4) is 0 Å². The Labute approximate surface area is 166 Å². The molecule has 28 heavy (non-hydrogen) atoms. The highest BCUT2D eigenvalue weighted by Crippen LogP contribution is 2.53. The highest BCUT2D eigenvalue weighted by molar-refractivity contribution is 5.70. The first kappa shape index (κ1) is 20.1. The van der Waals surface area contributed by atoms with Crippen molar-refractivity contribution in [3.63, 3.8) is 0 Å². The molecule has 0 radical (unpaired) electrons. The molecule has 152 valence electrons. The second-order valence-corrected chi connectivity index (χ2v) is 6.69. The van der Waals surface area contributed by atoms with Crippen molar-refractivity contribution in [1.29, 1.82) is 0 Å². The monoisotopic (exact) mass is 387 g/mol. The Morgan fingerprint density at radius 2 is 1.21 bits per heavy atom. The molecule has 6 nitrogen and oxygen atoms in total.